The second kappa shape index (κ2) is 4.74. The number of Topliss-reactive ketones (excluding diaryl/α,β-unsaturated/α-hetero) is 1. The minimum Gasteiger partial charge on any atom is -0.356 e. The van der Waals surface area contributed by atoms with Crippen LogP contribution in [0.5, 0.6) is 0 Å². The fourth-order valence-corrected chi connectivity index (χ4v) is 1.06. The van der Waals surface area contributed by atoms with Gasteiger partial charge in [-0.1, -0.05) is 0 Å². The van der Waals surface area contributed by atoms with Crippen LogP contribution in [0.2, 0.25) is 0 Å². The third-order valence-electron chi connectivity index (χ3n) is 1.67. The summed E-state index contributed by atoms with van der Waals surface area (Å²) < 4.78 is 0. The molecule has 0 fully saturated rings. The SMILES string of the molecule is CC(=O)CCCNC1=NCCN1. The molecule has 0 atom stereocenters. The molecule has 0 spiro atoms. The van der Waals surface area contributed by atoms with Crippen molar-refractivity contribution in [2.75, 3.05) is 19.6 Å². The quantitative estimate of drug-likeness (QED) is 0.578. The molecule has 4 nitrogen and oxygen atoms in total. The van der Waals surface area contributed by atoms with Crippen LogP contribution in [0.25, 0.3) is 0 Å². The van der Waals surface area contributed by atoms with Gasteiger partial charge in [-0.15, -0.1) is 0 Å². The number of aliphatic imine (C=N–C) groups is 1. The first-order valence-corrected chi connectivity index (χ1v) is 4.30. The Balaban J connectivity index is 1.98. The van der Waals surface area contributed by atoms with Gasteiger partial charge in [0.05, 0.1) is 6.54 Å². The van der Waals surface area contributed by atoms with Gasteiger partial charge in [0.25, 0.3) is 0 Å². The van der Waals surface area contributed by atoms with Gasteiger partial charge in [0, 0.05) is 19.5 Å². The Morgan fingerprint density at radius 2 is 2.58 bits per heavy atom. The molecule has 2 N–H and O–H groups in total. The van der Waals surface area contributed by atoms with Crippen LogP contribution in [0, 0.1) is 0 Å². The lowest BCUT2D eigenvalue weighted by Crippen LogP contribution is -2.34. The molecule has 68 valence electrons. The predicted octanol–water partition coefficient (Wildman–Crippen LogP) is -0.0956. The van der Waals surface area contributed by atoms with Crippen LogP contribution in [0.15, 0.2) is 4.99 Å². The Morgan fingerprint density at radius 3 is 3.17 bits per heavy atom. The van der Waals surface area contributed by atoms with Crippen molar-refractivity contribution in [1.82, 2.24) is 10.6 Å². The smallest absolute Gasteiger partial charge is 0.191 e. The number of nitrogens with zero attached hydrogens (tertiary/aromatic N) is 1. The molecule has 1 aliphatic rings. The molecular weight excluding hydrogens is 154 g/mol. The minimum absolute atomic E-state index is 0.248. The van der Waals surface area contributed by atoms with E-state index >= 15 is 0 Å². The van der Waals surface area contributed by atoms with Gasteiger partial charge in [-0.25, -0.2) is 0 Å². The number of carbonyl (C=O) groups excluding carboxylic acids is 1. The van der Waals surface area contributed by atoms with E-state index in [4.69, 9.17) is 0 Å². The molecule has 0 aromatic rings. The summed E-state index contributed by atoms with van der Waals surface area (Å²) in [5.74, 6) is 1.12. The van der Waals surface area contributed by atoms with E-state index in [0.29, 0.717) is 6.42 Å². The Morgan fingerprint density at radius 1 is 1.75 bits per heavy atom. The molecule has 0 bridgehead atoms. The van der Waals surface area contributed by atoms with Crippen LogP contribution in [0.4, 0.5) is 0 Å². The van der Waals surface area contributed by atoms with Crippen molar-refractivity contribution in [2.45, 2.75) is 19.8 Å². The Kier molecular flexibility index (Phi) is 3.57. The summed E-state index contributed by atoms with van der Waals surface area (Å²) >= 11 is 0. The minimum atomic E-state index is 0.248. The highest BCUT2D eigenvalue weighted by atomic mass is 16.1. The Hall–Kier alpha value is -1.06. The van der Waals surface area contributed by atoms with E-state index in [9.17, 15) is 4.79 Å². The standard InChI is InChI=1S/C8H15N3O/c1-7(12)3-2-4-9-8-10-5-6-11-8/h2-6H2,1H3,(H2,9,10,11). The lowest BCUT2D eigenvalue weighted by molar-refractivity contribution is -0.117. The van der Waals surface area contributed by atoms with Gasteiger partial charge >= 0.3 is 0 Å². The van der Waals surface area contributed by atoms with Crippen LogP contribution in [-0.2, 0) is 4.79 Å². The van der Waals surface area contributed by atoms with Gasteiger partial charge in [-0.2, -0.15) is 0 Å². The Labute approximate surface area is 72.4 Å². The maximum absolute atomic E-state index is 10.6. The highest BCUT2D eigenvalue weighted by molar-refractivity contribution is 5.81. The van der Waals surface area contributed by atoms with Crippen molar-refractivity contribution in [3.05, 3.63) is 0 Å². The third-order valence-corrected chi connectivity index (χ3v) is 1.67. The summed E-state index contributed by atoms with van der Waals surface area (Å²) in [7, 11) is 0. The molecule has 0 amide bonds. The van der Waals surface area contributed by atoms with Crippen LogP contribution < -0.4 is 10.6 Å². The summed E-state index contributed by atoms with van der Waals surface area (Å²) in [6.07, 6.45) is 1.54. The zero-order chi connectivity index (χ0) is 8.81. The molecule has 0 saturated carbocycles. The zero-order valence-electron chi connectivity index (χ0n) is 7.39. The molecular formula is C8H15N3O. The number of ketones is 1. The Bertz CT molecular complexity index is 189. The molecule has 0 aromatic carbocycles. The molecule has 1 heterocycles. The van der Waals surface area contributed by atoms with Gasteiger partial charge in [-0.05, 0) is 13.3 Å². The summed E-state index contributed by atoms with van der Waals surface area (Å²) in [6, 6.07) is 0. The van der Waals surface area contributed by atoms with Gasteiger partial charge in [0.2, 0.25) is 0 Å². The largest absolute Gasteiger partial charge is 0.356 e. The van der Waals surface area contributed by atoms with Gasteiger partial charge in [0.1, 0.15) is 5.78 Å². The molecule has 12 heavy (non-hydrogen) atoms. The van der Waals surface area contributed by atoms with Crippen molar-refractivity contribution in [1.29, 1.82) is 0 Å². The molecule has 0 aliphatic carbocycles. The van der Waals surface area contributed by atoms with Crippen LogP contribution >= 0.6 is 0 Å². The first kappa shape index (κ1) is 9.03. The van der Waals surface area contributed by atoms with E-state index in [1.165, 1.54) is 0 Å². The summed E-state index contributed by atoms with van der Waals surface area (Å²) in [5.41, 5.74) is 0. The summed E-state index contributed by atoms with van der Waals surface area (Å²) in [5, 5.41) is 6.22. The highest BCUT2D eigenvalue weighted by Gasteiger charge is 2.02. The fourth-order valence-electron chi connectivity index (χ4n) is 1.06. The highest BCUT2D eigenvalue weighted by Crippen LogP contribution is 1.88. The average molecular weight is 169 g/mol. The first-order valence-electron chi connectivity index (χ1n) is 4.30. The van der Waals surface area contributed by atoms with Crippen LogP contribution in [0.3, 0.4) is 0 Å². The zero-order valence-corrected chi connectivity index (χ0v) is 7.39. The van der Waals surface area contributed by atoms with Crippen LogP contribution in [0.1, 0.15) is 19.8 Å². The number of hydrogen-bond donors (Lipinski definition) is 2. The number of rotatable bonds is 4. The van der Waals surface area contributed by atoms with E-state index in [-0.39, 0.29) is 5.78 Å². The van der Waals surface area contributed by atoms with E-state index in [2.05, 4.69) is 15.6 Å². The third kappa shape index (κ3) is 3.37. The number of hydrogen-bond acceptors (Lipinski definition) is 4. The molecule has 1 rings (SSSR count). The normalized spacial score (nSPS) is 15.2. The summed E-state index contributed by atoms with van der Waals surface area (Å²) in [4.78, 5) is 14.7. The number of carbonyl (C=O) groups is 1. The molecule has 1 aliphatic heterocycles. The molecule has 0 radical (unpaired) electrons. The van der Waals surface area contributed by atoms with E-state index in [1.807, 2.05) is 0 Å². The van der Waals surface area contributed by atoms with E-state index in [1.54, 1.807) is 6.92 Å². The molecule has 0 aromatic heterocycles. The average Bonchev–Trinajstić information content (AvgIpc) is 2.49. The predicted molar refractivity (Wildman–Crippen MR) is 48.2 cm³/mol. The monoisotopic (exact) mass is 169 g/mol. The maximum atomic E-state index is 10.6. The number of nitrogens with one attached hydrogen (secondary N) is 2. The second-order valence-corrected chi connectivity index (χ2v) is 2.89. The van der Waals surface area contributed by atoms with Crippen molar-refractivity contribution >= 4 is 11.7 Å². The topological polar surface area (TPSA) is 53.5 Å². The number of guanidine groups is 1. The molecule has 4 heteroatoms. The first-order chi connectivity index (χ1) is 5.79. The van der Waals surface area contributed by atoms with Gasteiger partial charge < -0.3 is 15.4 Å². The molecule has 0 unspecified atom stereocenters. The van der Waals surface area contributed by atoms with Crippen molar-refractivity contribution in [2.24, 2.45) is 4.99 Å². The van der Waals surface area contributed by atoms with Crippen molar-refractivity contribution < 1.29 is 4.79 Å². The van der Waals surface area contributed by atoms with Crippen molar-refractivity contribution in [3.63, 3.8) is 0 Å². The van der Waals surface area contributed by atoms with E-state index in [0.717, 1.165) is 32.0 Å². The van der Waals surface area contributed by atoms with Crippen LogP contribution in [-0.4, -0.2) is 31.4 Å². The van der Waals surface area contributed by atoms with Crippen molar-refractivity contribution in [3.8, 4) is 0 Å². The fraction of sp³-hybridized carbons (Fsp3) is 0.750. The lowest BCUT2D eigenvalue weighted by atomic mass is 10.2. The van der Waals surface area contributed by atoms with Gasteiger partial charge in [0.15, 0.2) is 5.96 Å². The maximum Gasteiger partial charge on any atom is 0.191 e. The van der Waals surface area contributed by atoms with E-state index < -0.39 is 0 Å². The molecule has 0 saturated heterocycles. The second-order valence-electron chi connectivity index (χ2n) is 2.89. The van der Waals surface area contributed by atoms with Gasteiger partial charge in [-0.3, -0.25) is 4.99 Å². The summed E-state index contributed by atoms with van der Waals surface area (Å²) in [6.45, 7) is 4.22. The lowest BCUT2D eigenvalue weighted by Gasteiger charge is -2.04.